The summed E-state index contributed by atoms with van der Waals surface area (Å²) in [7, 11) is 0.703. The van der Waals surface area contributed by atoms with Gasteiger partial charge in [-0.15, -0.1) is 0 Å². The summed E-state index contributed by atoms with van der Waals surface area (Å²) in [6.45, 7) is 2.67. The summed E-state index contributed by atoms with van der Waals surface area (Å²) in [6, 6.07) is 36.0. The molecule has 4 aromatic rings. The van der Waals surface area contributed by atoms with Gasteiger partial charge in [-0.25, -0.2) is 8.42 Å². The summed E-state index contributed by atoms with van der Waals surface area (Å²) in [5, 5.41) is 3.63. The van der Waals surface area contributed by atoms with Gasteiger partial charge in [0.1, 0.15) is 10.0 Å². The maximum absolute atomic E-state index is 13.4. The molecule has 7 heteroatoms. The summed E-state index contributed by atoms with van der Waals surface area (Å²) >= 11 is 1.82. The zero-order valence-corrected chi connectivity index (χ0v) is 24.0. The number of hydrogen-bond acceptors (Lipinski definition) is 3. The van der Waals surface area contributed by atoms with Crippen molar-refractivity contribution >= 4 is 19.7 Å². The van der Waals surface area contributed by atoms with Gasteiger partial charge in [0.2, 0.25) is 0 Å². The average molecular weight is 620 g/mol. The SMILES string of the molecule is Cc1ccc(S(=O)(=O)[N-][C@@H](c2ccccc2)[C@H](NCCCc2ccccc2)c2ccccc2)cc1.[Cl][Ru+]. The molecule has 0 fully saturated rings. The molecule has 4 nitrogen and oxygen atoms in total. The molecule has 37 heavy (non-hydrogen) atoms. The second kappa shape index (κ2) is 15.2. The van der Waals surface area contributed by atoms with Crippen molar-refractivity contribution in [3.05, 3.63) is 142 Å². The predicted molar refractivity (Wildman–Crippen MR) is 149 cm³/mol. The minimum absolute atomic E-state index is 0.208. The van der Waals surface area contributed by atoms with E-state index in [0.29, 0.717) is 0 Å². The van der Waals surface area contributed by atoms with Crippen molar-refractivity contribution in [3.63, 3.8) is 0 Å². The van der Waals surface area contributed by atoms with Crippen molar-refractivity contribution in [1.82, 2.24) is 5.32 Å². The molecule has 2 atom stereocenters. The van der Waals surface area contributed by atoms with E-state index >= 15 is 0 Å². The van der Waals surface area contributed by atoms with Crippen molar-refractivity contribution in [2.24, 2.45) is 0 Å². The zero-order valence-electron chi connectivity index (χ0n) is 20.6. The first-order chi connectivity index (χ1) is 18.0. The van der Waals surface area contributed by atoms with E-state index in [2.05, 4.69) is 44.0 Å². The van der Waals surface area contributed by atoms with Crippen LogP contribution in [-0.2, 0) is 33.8 Å². The summed E-state index contributed by atoms with van der Waals surface area (Å²) in [4.78, 5) is 0.208. The van der Waals surface area contributed by atoms with E-state index in [1.54, 1.807) is 24.3 Å². The van der Waals surface area contributed by atoms with Gasteiger partial charge in [-0.2, -0.15) is 0 Å². The van der Waals surface area contributed by atoms with Crippen molar-refractivity contribution in [2.45, 2.75) is 36.7 Å². The molecule has 0 spiro atoms. The van der Waals surface area contributed by atoms with Crippen molar-refractivity contribution in [2.75, 3.05) is 6.54 Å². The Balaban J connectivity index is 0.00000186. The zero-order chi connectivity index (χ0) is 26.5. The third-order valence-corrected chi connectivity index (χ3v) is 7.41. The first-order valence-electron chi connectivity index (χ1n) is 12.1. The van der Waals surface area contributed by atoms with E-state index in [4.69, 9.17) is 0 Å². The molecular weight excluding hydrogens is 589 g/mol. The third-order valence-electron chi connectivity index (χ3n) is 6.04. The molecule has 4 rings (SSSR count). The van der Waals surface area contributed by atoms with Crippen LogP contribution in [0.25, 0.3) is 4.72 Å². The quantitative estimate of drug-likeness (QED) is 0.140. The molecule has 0 aliphatic carbocycles. The van der Waals surface area contributed by atoms with Gasteiger partial charge in [-0.1, -0.05) is 120 Å². The van der Waals surface area contributed by atoms with Gasteiger partial charge < -0.3 is 10.0 Å². The van der Waals surface area contributed by atoms with Crippen LogP contribution in [-0.4, -0.2) is 15.0 Å². The molecule has 0 aliphatic heterocycles. The van der Waals surface area contributed by atoms with Gasteiger partial charge in [0.05, 0.1) is 0 Å². The predicted octanol–water partition coefficient (Wildman–Crippen LogP) is 7.45. The van der Waals surface area contributed by atoms with Gasteiger partial charge in [0.15, 0.2) is 0 Å². The van der Waals surface area contributed by atoms with Crippen molar-refractivity contribution < 1.29 is 25.7 Å². The van der Waals surface area contributed by atoms with Crippen LogP contribution in [0.4, 0.5) is 0 Å². The summed E-state index contributed by atoms with van der Waals surface area (Å²) < 4.78 is 31.3. The Morgan fingerprint density at radius 1 is 0.757 bits per heavy atom. The molecule has 0 saturated carbocycles. The Labute approximate surface area is 235 Å². The molecule has 0 aliphatic rings. The average Bonchev–Trinajstić information content (AvgIpc) is 2.95. The molecule has 0 aromatic heterocycles. The van der Waals surface area contributed by atoms with Crippen molar-refractivity contribution in [3.8, 4) is 0 Å². The fourth-order valence-corrected chi connectivity index (χ4v) is 5.30. The Bertz CT molecular complexity index is 1290. The van der Waals surface area contributed by atoms with Crippen LogP contribution in [0, 0.1) is 6.92 Å². The molecular formula is C30H31ClN2O2RuS. The van der Waals surface area contributed by atoms with Crippen LogP contribution in [0.5, 0.6) is 0 Å². The number of benzene rings is 4. The molecule has 194 valence electrons. The van der Waals surface area contributed by atoms with E-state index in [0.717, 1.165) is 36.1 Å². The Kier molecular flexibility index (Phi) is 12.0. The monoisotopic (exact) mass is 620 g/mol. The summed E-state index contributed by atoms with van der Waals surface area (Å²) in [5.41, 5.74) is 4.15. The number of nitrogens with zero attached hydrogens (tertiary/aromatic N) is 1. The maximum atomic E-state index is 13.4. The first kappa shape index (κ1) is 29.2. The van der Waals surface area contributed by atoms with E-state index in [9.17, 15) is 8.42 Å². The summed E-state index contributed by atoms with van der Waals surface area (Å²) in [6.07, 6.45) is 1.88. The van der Waals surface area contributed by atoms with E-state index in [-0.39, 0.29) is 10.9 Å². The van der Waals surface area contributed by atoms with Crippen LogP contribution in [0.15, 0.2) is 120 Å². The number of hydrogen-bond donors (Lipinski definition) is 1. The molecule has 0 radical (unpaired) electrons. The number of nitrogens with one attached hydrogen (secondary N) is 1. The number of halogens is 1. The van der Waals surface area contributed by atoms with Crippen LogP contribution in [0.2, 0.25) is 0 Å². The molecule has 0 bridgehead atoms. The number of aryl methyl sites for hydroxylation is 2. The molecule has 0 unspecified atom stereocenters. The second-order valence-corrected chi connectivity index (χ2v) is 10.3. The fraction of sp³-hybridized carbons (Fsp3) is 0.200. The summed E-state index contributed by atoms with van der Waals surface area (Å²) in [5.74, 6) is 0. The Hall–Kier alpha value is -2.34. The van der Waals surface area contributed by atoms with Gasteiger partial charge in [0.25, 0.3) is 0 Å². The van der Waals surface area contributed by atoms with Crippen molar-refractivity contribution in [1.29, 1.82) is 0 Å². The normalized spacial score (nSPS) is 12.7. The third kappa shape index (κ3) is 8.88. The molecule has 0 heterocycles. The molecule has 1 N–H and O–H groups in total. The van der Waals surface area contributed by atoms with Crippen LogP contribution in [0.3, 0.4) is 0 Å². The van der Waals surface area contributed by atoms with Crippen LogP contribution < -0.4 is 5.32 Å². The minimum atomic E-state index is -3.87. The topological polar surface area (TPSA) is 60.3 Å². The van der Waals surface area contributed by atoms with E-state index in [1.807, 2.05) is 91.0 Å². The molecule has 0 amide bonds. The fourth-order valence-electron chi connectivity index (χ4n) is 4.15. The molecule has 4 aromatic carbocycles. The second-order valence-electron chi connectivity index (χ2n) is 8.68. The Morgan fingerprint density at radius 2 is 1.27 bits per heavy atom. The van der Waals surface area contributed by atoms with Gasteiger partial charge >= 0.3 is 27.0 Å². The van der Waals surface area contributed by atoms with Crippen LogP contribution in [0.1, 0.15) is 40.8 Å². The number of sulfonamides is 1. The number of rotatable bonds is 11. The first-order valence-corrected chi connectivity index (χ1v) is 15.7. The van der Waals surface area contributed by atoms with E-state index < -0.39 is 16.1 Å². The van der Waals surface area contributed by atoms with E-state index in [1.165, 1.54) is 5.56 Å². The molecule has 0 saturated heterocycles. The van der Waals surface area contributed by atoms with Gasteiger partial charge in [-0.05, 0) is 49.6 Å². The Morgan fingerprint density at radius 3 is 1.84 bits per heavy atom. The van der Waals surface area contributed by atoms with Gasteiger partial charge in [0, 0.05) is 10.9 Å². The van der Waals surface area contributed by atoms with Crippen LogP contribution >= 0.6 is 9.69 Å². The standard InChI is InChI=1S/C30H31N2O2S.ClH.Ru/c1-24-19-21-28(22-20-24)35(33,34)32-30(27-17-9-4-10-18-27)29(26-15-7-3-8-16-26)31-23-11-14-25-12-5-2-6-13-25;;/h2-10,12-13,15-22,29-31H,11,14,23H2,1H3;1H;/q-1;;+2/p-1/t29-,30+;;/m1../s1. The van der Waals surface area contributed by atoms with Gasteiger partial charge in [-0.3, -0.25) is 0 Å².